The maximum absolute atomic E-state index is 12.6. The summed E-state index contributed by atoms with van der Waals surface area (Å²) in [6.45, 7) is 0.849. The normalized spacial score (nSPS) is 11.4. The Morgan fingerprint density at radius 1 is 1.36 bits per heavy atom. The van der Waals surface area contributed by atoms with Crippen LogP contribution in [0, 0.1) is 0 Å². The lowest BCUT2D eigenvalue weighted by Gasteiger charge is -2.23. The monoisotopic (exact) mass is 368 g/mol. The van der Waals surface area contributed by atoms with E-state index in [0.717, 1.165) is 5.56 Å². The van der Waals surface area contributed by atoms with E-state index in [2.05, 4.69) is 10.4 Å². The van der Waals surface area contributed by atoms with Crippen molar-refractivity contribution in [2.24, 2.45) is 7.05 Å². The summed E-state index contributed by atoms with van der Waals surface area (Å²) in [6, 6.07) is 7.02. The Morgan fingerprint density at radius 2 is 2.04 bits per heavy atom. The molecule has 1 atom stereocenters. The van der Waals surface area contributed by atoms with E-state index < -0.39 is 6.04 Å². The zero-order valence-electron chi connectivity index (χ0n) is 14.9. The number of carbonyl (C=O) groups is 1. The number of nitrogens with one attached hydrogen (secondary N) is 1. The van der Waals surface area contributed by atoms with Crippen molar-refractivity contribution in [2.75, 3.05) is 34.4 Å². The van der Waals surface area contributed by atoms with Crippen molar-refractivity contribution in [3.05, 3.63) is 42.2 Å². The molecule has 0 bridgehead atoms. The van der Waals surface area contributed by atoms with Crippen LogP contribution in [0.25, 0.3) is 0 Å². The third kappa shape index (κ3) is 5.37. The van der Waals surface area contributed by atoms with Crippen molar-refractivity contribution < 1.29 is 14.3 Å². The fourth-order valence-electron chi connectivity index (χ4n) is 2.38. The molecule has 1 N–H and O–H groups in total. The van der Waals surface area contributed by atoms with Crippen molar-refractivity contribution in [1.29, 1.82) is 0 Å². The number of nitrogens with zero attached hydrogens (tertiary/aromatic N) is 3. The minimum Gasteiger partial charge on any atom is -0.493 e. The van der Waals surface area contributed by atoms with E-state index in [9.17, 15) is 4.79 Å². The van der Waals surface area contributed by atoms with Crippen LogP contribution in [0.4, 0.5) is 0 Å². The summed E-state index contributed by atoms with van der Waals surface area (Å²) in [7, 11) is 6.94. The zero-order valence-corrected chi connectivity index (χ0v) is 15.7. The molecule has 0 radical (unpaired) electrons. The molecule has 0 aliphatic heterocycles. The fraction of sp³-hybridized carbons (Fsp3) is 0.412. The van der Waals surface area contributed by atoms with Crippen molar-refractivity contribution in [3.8, 4) is 11.5 Å². The molecule has 8 heteroatoms. The van der Waals surface area contributed by atoms with E-state index in [-0.39, 0.29) is 18.3 Å². The summed E-state index contributed by atoms with van der Waals surface area (Å²) in [4.78, 5) is 14.2. The second kappa shape index (κ2) is 9.90. The minimum atomic E-state index is -0.421. The Hall–Kier alpha value is -2.25. The lowest BCUT2D eigenvalue weighted by Crippen LogP contribution is -2.39. The summed E-state index contributed by atoms with van der Waals surface area (Å²) in [6.07, 6.45) is 3.52. The predicted molar refractivity (Wildman–Crippen MR) is 98.4 cm³/mol. The number of para-hydroxylation sites is 2. The molecular weight excluding hydrogens is 344 g/mol. The lowest BCUT2D eigenvalue weighted by atomic mass is 10.1. The molecule has 0 spiro atoms. The van der Waals surface area contributed by atoms with Gasteiger partial charge in [-0.15, -0.1) is 12.4 Å². The van der Waals surface area contributed by atoms with Crippen LogP contribution in [-0.2, 0) is 11.8 Å². The largest absolute Gasteiger partial charge is 0.493 e. The molecule has 1 aromatic carbocycles. The van der Waals surface area contributed by atoms with Gasteiger partial charge < -0.3 is 19.7 Å². The number of likely N-dealkylation sites (N-methyl/N-ethyl adjacent to an activating group) is 2. The Bertz CT molecular complexity index is 677. The fourth-order valence-corrected chi connectivity index (χ4v) is 2.38. The molecule has 0 saturated carbocycles. The first-order chi connectivity index (χ1) is 11.6. The number of ether oxygens (including phenoxy) is 2. The van der Waals surface area contributed by atoms with Gasteiger partial charge in [-0.1, -0.05) is 12.1 Å². The van der Waals surface area contributed by atoms with Crippen molar-refractivity contribution >= 4 is 18.3 Å². The average Bonchev–Trinajstić information content (AvgIpc) is 3.01. The average molecular weight is 369 g/mol. The Kier molecular flexibility index (Phi) is 8.24. The summed E-state index contributed by atoms with van der Waals surface area (Å²) in [5.41, 5.74) is 0.836. The number of carbonyl (C=O) groups excluding carboxylic acids is 1. The van der Waals surface area contributed by atoms with Crippen LogP contribution in [0.5, 0.6) is 11.5 Å². The van der Waals surface area contributed by atoms with Crippen LogP contribution < -0.4 is 14.8 Å². The third-order valence-corrected chi connectivity index (χ3v) is 3.72. The third-order valence-electron chi connectivity index (χ3n) is 3.72. The molecule has 1 amide bonds. The quantitative estimate of drug-likeness (QED) is 0.767. The molecule has 2 aromatic rings. The SMILES string of the molecule is CNC(C(=O)N(C)CCOc1ccccc1OC)c1cnn(C)c1.Cl. The number of halogens is 1. The van der Waals surface area contributed by atoms with Crippen molar-refractivity contribution in [3.63, 3.8) is 0 Å². The molecule has 1 aromatic heterocycles. The van der Waals surface area contributed by atoms with Gasteiger partial charge in [0.25, 0.3) is 0 Å². The van der Waals surface area contributed by atoms with Gasteiger partial charge in [0.1, 0.15) is 12.6 Å². The standard InChI is InChI=1S/C17H24N4O3.ClH/c1-18-16(13-11-19-21(3)12-13)17(22)20(2)9-10-24-15-8-6-5-7-14(15)23-4;/h5-8,11-12,16,18H,9-10H2,1-4H3;1H. The molecule has 138 valence electrons. The number of hydrogen-bond acceptors (Lipinski definition) is 5. The van der Waals surface area contributed by atoms with Gasteiger partial charge in [0, 0.05) is 25.9 Å². The number of amides is 1. The topological polar surface area (TPSA) is 68.6 Å². The molecule has 0 saturated heterocycles. The summed E-state index contributed by atoms with van der Waals surface area (Å²) in [5, 5.41) is 7.15. The Morgan fingerprint density at radius 3 is 2.60 bits per heavy atom. The van der Waals surface area contributed by atoms with E-state index >= 15 is 0 Å². The van der Waals surface area contributed by atoms with Gasteiger partial charge in [0.15, 0.2) is 11.5 Å². The van der Waals surface area contributed by atoms with Gasteiger partial charge in [-0.25, -0.2) is 0 Å². The first kappa shape index (κ1) is 20.8. The maximum Gasteiger partial charge on any atom is 0.244 e. The molecular formula is C17H25ClN4O3. The van der Waals surface area contributed by atoms with Gasteiger partial charge in [0.05, 0.1) is 19.9 Å². The van der Waals surface area contributed by atoms with Crippen LogP contribution in [0.2, 0.25) is 0 Å². The number of aryl methyl sites for hydroxylation is 1. The zero-order chi connectivity index (χ0) is 17.5. The maximum atomic E-state index is 12.6. The molecule has 1 heterocycles. The van der Waals surface area contributed by atoms with Gasteiger partial charge in [-0.2, -0.15) is 5.10 Å². The highest BCUT2D eigenvalue weighted by atomic mass is 35.5. The van der Waals surface area contributed by atoms with E-state index in [1.165, 1.54) is 0 Å². The number of rotatable bonds is 8. The van der Waals surface area contributed by atoms with Gasteiger partial charge in [-0.3, -0.25) is 9.48 Å². The molecule has 2 rings (SSSR count). The van der Waals surface area contributed by atoms with Crippen LogP contribution in [0.1, 0.15) is 11.6 Å². The van der Waals surface area contributed by atoms with Crippen LogP contribution >= 0.6 is 12.4 Å². The van der Waals surface area contributed by atoms with E-state index in [0.29, 0.717) is 24.7 Å². The van der Waals surface area contributed by atoms with Gasteiger partial charge in [0.2, 0.25) is 5.91 Å². The highest BCUT2D eigenvalue weighted by molar-refractivity contribution is 5.85. The summed E-state index contributed by atoms with van der Waals surface area (Å²) < 4.78 is 12.6. The predicted octanol–water partition coefficient (Wildman–Crippen LogP) is 1.65. The summed E-state index contributed by atoms with van der Waals surface area (Å²) in [5.74, 6) is 1.31. The molecule has 1 unspecified atom stereocenters. The lowest BCUT2D eigenvalue weighted by molar-refractivity contribution is -0.132. The van der Waals surface area contributed by atoms with Crippen LogP contribution in [0.3, 0.4) is 0 Å². The smallest absolute Gasteiger partial charge is 0.244 e. The molecule has 25 heavy (non-hydrogen) atoms. The van der Waals surface area contributed by atoms with Crippen molar-refractivity contribution in [2.45, 2.75) is 6.04 Å². The first-order valence-electron chi connectivity index (χ1n) is 7.73. The summed E-state index contributed by atoms with van der Waals surface area (Å²) >= 11 is 0. The van der Waals surface area contributed by atoms with Crippen molar-refractivity contribution in [1.82, 2.24) is 20.0 Å². The van der Waals surface area contributed by atoms with Crippen LogP contribution in [0.15, 0.2) is 36.7 Å². The molecule has 0 aliphatic carbocycles. The number of methoxy groups -OCH3 is 1. The number of hydrogen-bond donors (Lipinski definition) is 1. The highest BCUT2D eigenvalue weighted by Gasteiger charge is 2.23. The second-order valence-corrected chi connectivity index (χ2v) is 5.43. The van der Waals surface area contributed by atoms with Crippen LogP contribution in [-0.4, -0.2) is 54.9 Å². The van der Waals surface area contributed by atoms with E-state index in [1.807, 2.05) is 37.5 Å². The van der Waals surface area contributed by atoms with E-state index in [4.69, 9.17) is 9.47 Å². The number of aromatic nitrogens is 2. The molecule has 0 aliphatic rings. The van der Waals surface area contributed by atoms with E-state index in [1.54, 1.807) is 37.0 Å². The minimum absolute atomic E-state index is 0. The Balaban J connectivity index is 0.00000312. The molecule has 7 nitrogen and oxygen atoms in total. The van der Waals surface area contributed by atoms with Gasteiger partial charge in [-0.05, 0) is 19.2 Å². The second-order valence-electron chi connectivity index (χ2n) is 5.43. The Labute approximate surface area is 154 Å². The molecule has 0 fully saturated rings. The first-order valence-corrected chi connectivity index (χ1v) is 7.73. The van der Waals surface area contributed by atoms with Gasteiger partial charge >= 0.3 is 0 Å². The number of benzene rings is 1. The highest BCUT2D eigenvalue weighted by Crippen LogP contribution is 2.25.